The third-order valence-electron chi connectivity index (χ3n) is 6.95. The van der Waals surface area contributed by atoms with Crippen molar-refractivity contribution >= 4 is 45.6 Å². The Labute approximate surface area is 219 Å². The number of carbonyl (C=O) groups excluding carboxylic acids is 1. The highest BCUT2D eigenvalue weighted by atomic mass is 35.5. The average Bonchev–Trinajstić information content (AvgIpc) is 3.27. The lowest BCUT2D eigenvalue weighted by Gasteiger charge is -2.28. The fraction of sp³-hybridized carbons (Fsp3) is 0.370. The molecule has 2 aromatic carbocycles. The summed E-state index contributed by atoms with van der Waals surface area (Å²) in [7, 11) is 1.53. The summed E-state index contributed by atoms with van der Waals surface area (Å²) >= 11 is 5.92. The Morgan fingerprint density at radius 1 is 1.30 bits per heavy atom. The van der Waals surface area contributed by atoms with Crippen LogP contribution in [0, 0.1) is 11.7 Å². The molecule has 194 valence electrons. The Balaban J connectivity index is 1.32. The first-order chi connectivity index (χ1) is 18.0. The smallest absolute Gasteiger partial charge is 0.248 e. The molecule has 1 aliphatic carbocycles. The van der Waals surface area contributed by atoms with Gasteiger partial charge in [0.15, 0.2) is 0 Å². The van der Waals surface area contributed by atoms with Crippen molar-refractivity contribution in [2.75, 3.05) is 44.0 Å². The molecule has 2 fully saturated rings. The molecule has 1 aliphatic heterocycles. The van der Waals surface area contributed by atoms with Crippen molar-refractivity contribution in [2.45, 2.75) is 25.3 Å². The maximum atomic E-state index is 13.6. The molecule has 3 aromatic rings. The van der Waals surface area contributed by atoms with Gasteiger partial charge in [0, 0.05) is 42.3 Å². The zero-order chi connectivity index (χ0) is 25.8. The van der Waals surface area contributed by atoms with Crippen molar-refractivity contribution in [1.29, 1.82) is 0 Å². The molecule has 0 spiro atoms. The topological polar surface area (TPSA) is 88.6 Å². The highest BCUT2D eigenvalue weighted by molar-refractivity contribution is 6.31. The molecule has 2 unspecified atom stereocenters. The van der Waals surface area contributed by atoms with Crippen LogP contribution in [0.5, 0.6) is 5.75 Å². The van der Waals surface area contributed by atoms with Crippen LogP contribution < -0.4 is 15.4 Å². The molecule has 5 rings (SSSR count). The predicted octanol–water partition coefficient (Wildman–Crippen LogP) is 5.17. The van der Waals surface area contributed by atoms with Gasteiger partial charge in [0.05, 0.1) is 36.6 Å². The van der Waals surface area contributed by atoms with Crippen LogP contribution in [0.15, 0.2) is 48.8 Å². The van der Waals surface area contributed by atoms with Gasteiger partial charge in [0.1, 0.15) is 23.7 Å². The largest absolute Gasteiger partial charge is 0.494 e. The van der Waals surface area contributed by atoms with Crippen LogP contribution >= 0.6 is 11.6 Å². The van der Waals surface area contributed by atoms with E-state index in [1.165, 1.54) is 44.8 Å². The van der Waals surface area contributed by atoms with Gasteiger partial charge in [0.25, 0.3) is 0 Å². The Morgan fingerprint density at radius 2 is 2.19 bits per heavy atom. The summed E-state index contributed by atoms with van der Waals surface area (Å²) in [5, 5.41) is 6.70. The van der Waals surface area contributed by atoms with Crippen LogP contribution in [0.25, 0.3) is 10.9 Å². The summed E-state index contributed by atoms with van der Waals surface area (Å²) in [6.07, 6.45) is 8.50. The zero-order valence-corrected chi connectivity index (χ0v) is 21.3. The number of hydrogen-bond acceptors (Lipinski definition) is 7. The second kappa shape index (κ2) is 11.4. The standard InChI is InChI=1S/C27H29ClFN5O3/c1-36-25-14-22-19(27(31-16-30-22)32-18-7-8-21(29)20(28)12-18)13-23(25)33-26(35)6-3-9-34-10-11-37-15-17-4-2-5-24(17)34/h3,6-8,12-14,16-17,24H,2,4-5,9-11,15H2,1H3,(H,33,35)(H,30,31,32). The fourth-order valence-corrected chi connectivity index (χ4v) is 5.31. The van der Waals surface area contributed by atoms with Gasteiger partial charge in [-0.3, -0.25) is 9.69 Å². The number of nitrogens with one attached hydrogen (secondary N) is 2. The molecule has 2 aliphatic rings. The van der Waals surface area contributed by atoms with Gasteiger partial charge in [-0.1, -0.05) is 24.1 Å². The minimum Gasteiger partial charge on any atom is -0.494 e. The van der Waals surface area contributed by atoms with Crippen LogP contribution in [0.4, 0.5) is 21.6 Å². The average molecular weight is 526 g/mol. The molecular weight excluding hydrogens is 497 g/mol. The lowest BCUT2D eigenvalue weighted by atomic mass is 10.0. The lowest BCUT2D eigenvalue weighted by Crippen LogP contribution is -2.38. The van der Waals surface area contributed by atoms with E-state index in [0.29, 0.717) is 52.3 Å². The normalized spacial score (nSPS) is 20.1. The third-order valence-corrected chi connectivity index (χ3v) is 7.24. The van der Waals surface area contributed by atoms with Gasteiger partial charge in [-0.2, -0.15) is 0 Å². The number of rotatable bonds is 7. The number of nitrogens with zero attached hydrogens (tertiary/aromatic N) is 3. The van der Waals surface area contributed by atoms with Crippen molar-refractivity contribution in [3.8, 4) is 5.75 Å². The number of halogens is 2. The highest BCUT2D eigenvalue weighted by Gasteiger charge is 2.33. The number of fused-ring (bicyclic) bond motifs is 2. The first kappa shape index (κ1) is 25.4. The Hall–Kier alpha value is -3.27. The molecule has 1 amide bonds. The molecule has 2 atom stereocenters. The Morgan fingerprint density at radius 3 is 3.03 bits per heavy atom. The molecule has 8 nitrogen and oxygen atoms in total. The van der Waals surface area contributed by atoms with E-state index in [1.807, 2.05) is 6.08 Å². The van der Waals surface area contributed by atoms with E-state index in [0.717, 1.165) is 19.8 Å². The Kier molecular flexibility index (Phi) is 7.83. The fourth-order valence-electron chi connectivity index (χ4n) is 5.13. The molecule has 1 saturated heterocycles. The summed E-state index contributed by atoms with van der Waals surface area (Å²) in [6, 6.07) is 8.33. The molecule has 1 aromatic heterocycles. The van der Waals surface area contributed by atoms with E-state index in [2.05, 4.69) is 25.5 Å². The number of carbonyl (C=O) groups is 1. The number of anilines is 3. The Bertz CT molecular complexity index is 1320. The number of benzene rings is 2. The summed E-state index contributed by atoms with van der Waals surface area (Å²) in [4.78, 5) is 23.9. The van der Waals surface area contributed by atoms with Crippen LogP contribution in [-0.4, -0.2) is 60.2 Å². The van der Waals surface area contributed by atoms with Crippen LogP contribution in [-0.2, 0) is 9.53 Å². The minimum atomic E-state index is -0.505. The number of amides is 1. The number of hydrogen-bond donors (Lipinski definition) is 2. The summed E-state index contributed by atoms with van der Waals surface area (Å²) < 4.78 is 24.8. The van der Waals surface area contributed by atoms with E-state index >= 15 is 0 Å². The monoisotopic (exact) mass is 525 g/mol. The van der Waals surface area contributed by atoms with E-state index in [9.17, 15) is 9.18 Å². The predicted molar refractivity (Wildman–Crippen MR) is 142 cm³/mol. The van der Waals surface area contributed by atoms with Crippen molar-refractivity contribution < 1.29 is 18.7 Å². The van der Waals surface area contributed by atoms with Crippen molar-refractivity contribution in [2.24, 2.45) is 5.92 Å². The summed E-state index contributed by atoms with van der Waals surface area (Å²) in [6.45, 7) is 3.14. The first-order valence-corrected chi connectivity index (χ1v) is 12.7. The first-order valence-electron chi connectivity index (χ1n) is 12.4. The number of methoxy groups -OCH3 is 1. The van der Waals surface area contributed by atoms with Gasteiger partial charge in [-0.25, -0.2) is 14.4 Å². The second-order valence-corrected chi connectivity index (χ2v) is 9.67. The maximum Gasteiger partial charge on any atom is 0.248 e. The van der Waals surface area contributed by atoms with E-state index in [4.69, 9.17) is 21.1 Å². The summed E-state index contributed by atoms with van der Waals surface area (Å²) in [5.41, 5.74) is 1.67. The van der Waals surface area contributed by atoms with Crippen LogP contribution in [0.1, 0.15) is 19.3 Å². The number of aromatic nitrogens is 2. The van der Waals surface area contributed by atoms with Crippen molar-refractivity contribution in [1.82, 2.24) is 14.9 Å². The van der Waals surface area contributed by atoms with Crippen molar-refractivity contribution in [3.05, 3.63) is 59.7 Å². The summed E-state index contributed by atoms with van der Waals surface area (Å²) in [5.74, 6) is 0.777. The van der Waals surface area contributed by atoms with Gasteiger partial charge < -0.3 is 20.1 Å². The van der Waals surface area contributed by atoms with Gasteiger partial charge >= 0.3 is 0 Å². The van der Waals surface area contributed by atoms with E-state index < -0.39 is 5.82 Å². The molecule has 2 heterocycles. The minimum absolute atomic E-state index is 0.000856. The molecule has 10 heteroatoms. The quantitative estimate of drug-likeness (QED) is 0.411. The van der Waals surface area contributed by atoms with E-state index in [1.54, 1.807) is 24.3 Å². The second-order valence-electron chi connectivity index (χ2n) is 9.27. The molecular formula is C27H29ClFN5O3. The number of ether oxygens (including phenoxy) is 2. The molecule has 0 bridgehead atoms. The van der Waals surface area contributed by atoms with Gasteiger partial charge in [-0.05, 0) is 43.0 Å². The maximum absolute atomic E-state index is 13.6. The molecule has 0 radical (unpaired) electrons. The highest BCUT2D eigenvalue weighted by Crippen LogP contribution is 2.34. The van der Waals surface area contributed by atoms with Crippen LogP contribution in [0.3, 0.4) is 0 Å². The molecule has 2 N–H and O–H groups in total. The van der Waals surface area contributed by atoms with Crippen molar-refractivity contribution in [3.63, 3.8) is 0 Å². The van der Waals surface area contributed by atoms with E-state index in [-0.39, 0.29) is 10.9 Å². The van der Waals surface area contributed by atoms with Gasteiger partial charge in [-0.15, -0.1) is 0 Å². The third kappa shape index (κ3) is 5.84. The SMILES string of the molecule is COc1cc2ncnc(Nc3ccc(F)c(Cl)c3)c2cc1NC(=O)C=CCN1CCOCC2CCCC21. The lowest BCUT2D eigenvalue weighted by molar-refractivity contribution is -0.111. The van der Waals surface area contributed by atoms with Gasteiger partial charge in [0.2, 0.25) is 5.91 Å². The zero-order valence-electron chi connectivity index (χ0n) is 20.5. The van der Waals surface area contributed by atoms with Crippen LogP contribution in [0.2, 0.25) is 5.02 Å². The molecule has 1 saturated carbocycles. The molecule has 37 heavy (non-hydrogen) atoms.